The predicted octanol–water partition coefficient (Wildman–Crippen LogP) is 3.75. The molecule has 1 amide bonds. The summed E-state index contributed by atoms with van der Waals surface area (Å²) in [4.78, 5) is 25.0. The Morgan fingerprint density at radius 3 is 2.19 bits per heavy atom. The van der Waals surface area contributed by atoms with Crippen molar-refractivity contribution in [2.75, 3.05) is 0 Å². The van der Waals surface area contributed by atoms with Crippen molar-refractivity contribution in [3.63, 3.8) is 0 Å². The van der Waals surface area contributed by atoms with Crippen LogP contribution in [0.1, 0.15) is 28.4 Å². The Balaban J connectivity index is 1.86. The van der Waals surface area contributed by atoms with Crippen molar-refractivity contribution in [1.82, 2.24) is 4.90 Å². The summed E-state index contributed by atoms with van der Waals surface area (Å²) in [5.41, 5.74) is 0.263. The van der Waals surface area contributed by atoms with Crippen molar-refractivity contribution in [3.05, 3.63) is 70.8 Å². The number of hydrogen-bond acceptors (Lipinski definition) is 2. The summed E-state index contributed by atoms with van der Waals surface area (Å²) in [5.74, 6) is -2.35. The van der Waals surface area contributed by atoms with Gasteiger partial charge in [-0.2, -0.15) is 13.2 Å². The minimum Gasteiger partial charge on any atom is -0.480 e. The van der Waals surface area contributed by atoms with Crippen molar-refractivity contribution in [2.24, 2.45) is 0 Å². The SMILES string of the molecule is O=C(O)C1Cc2ccccc2CN1C(=O)C(F)c1ccc(C(F)(F)F)cc1. The van der Waals surface area contributed by atoms with Gasteiger partial charge in [0.2, 0.25) is 6.17 Å². The van der Waals surface area contributed by atoms with E-state index in [2.05, 4.69) is 0 Å². The van der Waals surface area contributed by atoms with Crippen LogP contribution in [0, 0.1) is 0 Å². The largest absolute Gasteiger partial charge is 0.480 e. The summed E-state index contributed by atoms with van der Waals surface area (Å²) < 4.78 is 52.5. The number of alkyl halides is 4. The van der Waals surface area contributed by atoms with Gasteiger partial charge in [-0.1, -0.05) is 36.4 Å². The second-order valence-electron chi connectivity index (χ2n) is 6.28. The Labute approximate surface area is 152 Å². The third-order valence-electron chi connectivity index (χ3n) is 4.56. The molecule has 2 aromatic carbocycles. The van der Waals surface area contributed by atoms with Gasteiger partial charge in [0.25, 0.3) is 5.91 Å². The van der Waals surface area contributed by atoms with Gasteiger partial charge in [-0.05, 0) is 28.8 Å². The van der Waals surface area contributed by atoms with Crippen LogP contribution in [0.25, 0.3) is 0 Å². The molecule has 0 aromatic heterocycles. The second-order valence-corrected chi connectivity index (χ2v) is 6.28. The van der Waals surface area contributed by atoms with E-state index in [0.29, 0.717) is 17.7 Å². The van der Waals surface area contributed by atoms with Crippen molar-refractivity contribution in [1.29, 1.82) is 0 Å². The number of fused-ring (bicyclic) bond motifs is 1. The predicted molar refractivity (Wildman–Crippen MR) is 87.4 cm³/mol. The molecule has 2 aromatic rings. The van der Waals surface area contributed by atoms with Gasteiger partial charge in [0.15, 0.2) is 0 Å². The summed E-state index contributed by atoms with van der Waals surface area (Å²) in [7, 11) is 0. The number of hydrogen-bond donors (Lipinski definition) is 1. The Hall–Kier alpha value is -2.90. The fourth-order valence-corrected chi connectivity index (χ4v) is 3.10. The molecular weight excluding hydrogens is 366 g/mol. The number of amides is 1. The number of aliphatic carboxylic acids is 1. The van der Waals surface area contributed by atoms with Crippen LogP contribution < -0.4 is 0 Å². The van der Waals surface area contributed by atoms with Crippen LogP contribution in [0.3, 0.4) is 0 Å². The lowest BCUT2D eigenvalue weighted by atomic mass is 9.93. The van der Waals surface area contributed by atoms with Crippen LogP contribution in [0.15, 0.2) is 48.5 Å². The van der Waals surface area contributed by atoms with E-state index in [-0.39, 0.29) is 18.5 Å². The van der Waals surface area contributed by atoms with E-state index in [1.54, 1.807) is 24.3 Å². The monoisotopic (exact) mass is 381 g/mol. The number of nitrogens with zero attached hydrogens (tertiary/aromatic N) is 1. The number of carbonyl (C=O) groups is 2. The zero-order chi connectivity index (χ0) is 19.8. The minimum absolute atomic E-state index is 0.0387. The lowest BCUT2D eigenvalue weighted by Gasteiger charge is -2.35. The summed E-state index contributed by atoms with van der Waals surface area (Å²) >= 11 is 0. The van der Waals surface area contributed by atoms with Gasteiger partial charge < -0.3 is 10.0 Å². The number of halogens is 4. The van der Waals surface area contributed by atoms with Crippen molar-refractivity contribution >= 4 is 11.9 Å². The third kappa shape index (κ3) is 3.79. The van der Waals surface area contributed by atoms with Gasteiger partial charge in [-0.25, -0.2) is 9.18 Å². The van der Waals surface area contributed by atoms with Crippen LogP contribution in [-0.4, -0.2) is 27.9 Å². The molecule has 1 heterocycles. The maximum Gasteiger partial charge on any atom is 0.416 e. The average molecular weight is 381 g/mol. The van der Waals surface area contributed by atoms with Crippen LogP contribution in [0.5, 0.6) is 0 Å². The number of carboxylic acid groups (broad SMARTS) is 1. The van der Waals surface area contributed by atoms with Crippen molar-refractivity contribution < 1.29 is 32.3 Å². The molecule has 142 valence electrons. The molecule has 0 spiro atoms. The molecule has 27 heavy (non-hydrogen) atoms. The Morgan fingerprint density at radius 1 is 1.04 bits per heavy atom. The number of carboxylic acids is 1. The van der Waals surface area contributed by atoms with Gasteiger partial charge in [-0.15, -0.1) is 0 Å². The van der Waals surface area contributed by atoms with Crippen molar-refractivity contribution in [2.45, 2.75) is 31.4 Å². The van der Waals surface area contributed by atoms with E-state index in [4.69, 9.17) is 0 Å². The maximum atomic E-state index is 14.7. The topological polar surface area (TPSA) is 57.6 Å². The smallest absolute Gasteiger partial charge is 0.416 e. The Kier molecular flexibility index (Phi) is 4.91. The van der Waals surface area contributed by atoms with Gasteiger partial charge >= 0.3 is 12.1 Å². The van der Waals surface area contributed by atoms with E-state index in [9.17, 15) is 32.3 Å². The molecular formula is C19H15F4NO3. The standard InChI is InChI=1S/C19H15F4NO3/c20-16(11-5-7-14(8-6-11)19(21,22)23)17(25)24-10-13-4-2-1-3-12(13)9-15(24)18(26)27/h1-8,15-16H,9-10H2,(H,26,27). The summed E-state index contributed by atoms with van der Waals surface area (Å²) in [6.45, 7) is -0.0764. The highest BCUT2D eigenvalue weighted by Gasteiger charge is 2.38. The third-order valence-corrected chi connectivity index (χ3v) is 4.56. The van der Waals surface area contributed by atoms with Gasteiger partial charge in [0, 0.05) is 13.0 Å². The number of carbonyl (C=O) groups excluding carboxylic acids is 1. The lowest BCUT2D eigenvalue weighted by molar-refractivity contribution is -0.154. The molecule has 3 rings (SSSR count). The maximum absolute atomic E-state index is 14.7. The van der Waals surface area contributed by atoms with Crippen LogP contribution in [0.2, 0.25) is 0 Å². The van der Waals surface area contributed by atoms with E-state index in [1.807, 2.05) is 0 Å². The fourth-order valence-electron chi connectivity index (χ4n) is 3.10. The molecule has 2 unspecified atom stereocenters. The molecule has 1 aliphatic rings. The molecule has 0 saturated carbocycles. The van der Waals surface area contributed by atoms with Crippen LogP contribution >= 0.6 is 0 Å². The summed E-state index contributed by atoms with van der Waals surface area (Å²) in [6.07, 6.45) is -6.78. The molecule has 0 aliphatic carbocycles. The first-order valence-corrected chi connectivity index (χ1v) is 8.10. The minimum atomic E-state index is -4.57. The molecule has 4 nitrogen and oxygen atoms in total. The highest BCUT2D eigenvalue weighted by molar-refractivity contribution is 5.88. The van der Waals surface area contributed by atoms with E-state index >= 15 is 0 Å². The first kappa shape index (κ1) is 18.9. The number of benzene rings is 2. The Morgan fingerprint density at radius 2 is 1.63 bits per heavy atom. The van der Waals surface area contributed by atoms with Gasteiger partial charge in [0.05, 0.1) is 5.56 Å². The lowest BCUT2D eigenvalue weighted by Crippen LogP contribution is -2.49. The van der Waals surface area contributed by atoms with E-state index in [0.717, 1.165) is 22.6 Å². The normalized spacial score (nSPS) is 17.9. The second kappa shape index (κ2) is 7.02. The fraction of sp³-hybridized carbons (Fsp3) is 0.263. The molecule has 0 bridgehead atoms. The zero-order valence-electron chi connectivity index (χ0n) is 13.9. The van der Waals surface area contributed by atoms with Gasteiger partial charge in [-0.3, -0.25) is 4.79 Å². The highest BCUT2D eigenvalue weighted by atomic mass is 19.4. The first-order chi connectivity index (χ1) is 12.7. The van der Waals surface area contributed by atoms with Crippen LogP contribution in [-0.2, 0) is 28.7 Å². The molecule has 1 N–H and O–H groups in total. The zero-order valence-corrected chi connectivity index (χ0v) is 13.9. The molecule has 0 saturated heterocycles. The summed E-state index contributed by atoms with van der Waals surface area (Å²) in [5, 5.41) is 9.42. The van der Waals surface area contributed by atoms with Gasteiger partial charge in [0.1, 0.15) is 6.04 Å². The Bertz CT molecular complexity index is 864. The van der Waals surface area contributed by atoms with E-state index in [1.165, 1.54) is 0 Å². The molecule has 1 aliphatic heterocycles. The molecule has 0 fully saturated rings. The van der Waals surface area contributed by atoms with Crippen molar-refractivity contribution in [3.8, 4) is 0 Å². The number of rotatable bonds is 3. The highest BCUT2D eigenvalue weighted by Crippen LogP contribution is 2.32. The summed E-state index contributed by atoms with van der Waals surface area (Å²) in [6, 6.07) is 8.86. The van der Waals surface area contributed by atoms with E-state index < -0.39 is 35.8 Å². The molecule has 0 radical (unpaired) electrons. The molecule has 2 atom stereocenters. The first-order valence-electron chi connectivity index (χ1n) is 8.10. The van der Waals surface area contributed by atoms with Crippen LogP contribution in [0.4, 0.5) is 17.6 Å². The molecule has 8 heteroatoms. The quantitative estimate of drug-likeness (QED) is 0.824. The average Bonchev–Trinajstić information content (AvgIpc) is 2.65.